The van der Waals surface area contributed by atoms with Crippen molar-refractivity contribution in [3.05, 3.63) is 59.7 Å². The van der Waals surface area contributed by atoms with Crippen LogP contribution in [0.4, 0.5) is 0 Å². The van der Waals surface area contributed by atoms with Crippen LogP contribution < -0.4 is 5.32 Å². The third-order valence-corrected chi connectivity index (χ3v) is 5.10. The Bertz CT molecular complexity index is 908. The van der Waals surface area contributed by atoms with Crippen LogP contribution in [0.5, 0.6) is 0 Å². The van der Waals surface area contributed by atoms with Crippen LogP contribution >= 0.6 is 12.4 Å². The van der Waals surface area contributed by atoms with E-state index in [1.54, 1.807) is 18.4 Å². The summed E-state index contributed by atoms with van der Waals surface area (Å²) in [6.45, 7) is 4.40. The van der Waals surface area contributed by atoms with Gasteiger partial charge in [0.2, 0.25) is 17.6 Å². The number of aromatic nitrogens is 2. The molecule has 1 amide bonds. The van der Waals surface area contributed by atoms with Crippen molar-refractivity contribution in [1.29, 1.82) is 0 Å². The number of carbonyl (C=O) groups is 1. The Labute approximate surface area is 175 Å². The molecule has 29 heavy (non-hydrogen) atoms. The van der Waals surface area contributed by atoms with Crippen molar-refractivity contribution in [1.82, 2.24) is 20.4 Å². The molecule has 1 aliphatic rings. The molecule has 0 bridgehead atoms. The van der Waals surface area contributed by atoms with E-state index in [-0.39, 0.29) is 24.4 Å². The molecule has 1 fully saturated rings. The van der Waals surface area contributed by atoms with Gasteiger partial charge in [-0.25, -0.2) is 0 Å². The Balaban J connectivity index is 0.00000240. The van der Waals surface area contributed by atoms with Crippen molar-refractivity contribution in [3.63, 3.8) is 0 Å². The summed E-state index contributed by atoms with van der Waals surface area (Å²) in [5.74, 6) is 1.50. The summed E-state index contributed by atoms with van der Waals surface area (Å²) in [4.78, 5) is 19.2. The first kappa shape index (κ1) is 21.1. The fourth-order valence-electron chi connectivity index (χ4n) is 3.50. The molecule has 0 saturated carbocycles. The molecule has 154 valence electrons. The Hall–Kier alpha value is -2.64. The van der Waals surface area contributed by atoms with Gasteiger partial charge in [0.05, 0.1) is 12.3 Å². The molecule has 1 unspecified atom stereocenters. The molecule has 0 spiro atoms. The minimum atomic E-state index is 0. The van der Waals surface area contributed by atoms with E-state index in [2.05, 4.69) is 46.6 Å². The molecule has 2 aromatic heterocycles. The lowest BCUT2D eigenvalue weighted by Crippen LogP contribution is -2.48. The van der Waals surface area contributed by atoms with Gasteiger partial charge in [0.15, 0.2) is 5.76 Å². The van der Waals surface area contributed by atoms with E-state index in [4.69, 9.17) is 8.94 Å². The monoisotopic (exact) mass is 416 g/mol. The van der Waals surface area contributed by atoms with Crippen LogP contribution in [-0.2, 0) is 17.6 Å². The van der Waals surface area contributed by atoms with Crippen LogP contribution in [0.1, 0.15) is 36.4 Å². The second kappa shape index (κ2) is 9.71. The maximum atomic E-state index is 12.9. The number of hydrogen-bond donors (Lipinski definition) is 1. The molecule has 1 atom stereocenters. The zero-order valence-corrected chi connectivity index (χ0v) is 17.2. The van der Waals surface area contributed by atoms with Crippen LogP contribution in [0.15, 0.2) is 51.6 Å². The molecule has 3 heterocycles. The van der Waals surface area contributed by atoms with Crippen molar-refractivity contribution >= 4 is 18.3 Å². The third-order valence-electron chi connectivity index (χ3n) is 5.10. The molecule has 1 saturated heterocycles. The van der Waals surface area contributed by atoms with E-state index < -0.39 is 0 Å². The summed E-state index contributed by atoms with van der Waals surface area (Å²) < 4.78 is 10.5. The molecule has 1 aliphatic heterocycles. The molecule has 1 aromatic carbocycles. The van der Waals surface area contributed by atoms with Crippen LogP contribution in [0, 0.1) is 0 Å². The van der Waals surface area contributed by atoms with Gasteiger partial charge in [0.1, 0.15) is 0 Å². The number of benzene rings is 1. The second-order valence-corrected chi connectivity index (χ2v) is 6.89. The number of halogens is 1. The first-order valence-corrected chi connectivity index (χ1v) is 9.70. The van der Waals surface area contributed by atoms with E-state index in [1.165, 1.54) is 5.56 Å². The number of carbonyl (C=O) groups excluding carboxylic acids is 1. The maximum Gasteiger partial charge on any atom is 0.238 e. The van der Waals surface area contributed by atoms with Gasteiger partial charge in [-0.05, 0) is 29.7 Å². The molecular weight excluding hydrogens is 392 g/mol. The van der Waals surface area contributed by atoms with Crippen molar-refractivity contribution in [2.75, 3.05) is 19.6 Å². The number of nitrogens with one attached hydrogen (secondary N) is 1. The van der Waals surface area contributed by atoms with Crippen molar-refractivity contribution in [3.8, 4) is 11.6 Å². The van der Waals surface area contributed by atoms with Crippen molar-refractivity contribution in [2.45, 2.75) is 32.2 Å². The molecule has 4 rings (SSSR count). The lowest BCUT2D eigenvalue weighted by molar-refractivity contribution is -0.134. The maximum absolute atomic E-state index is 12.9. The smallest absolute Gasteiger partial charge is 0.238 e. The summed E-state index contributed by atoms with van der Waals surface area (Å²) in [7, 11) is 0. The fraction of sp³-hybridized carbons (Fsp3) is 0.381. The van der Waals surface area contributed by atoms with Crippen molar-refractivity contribution < 1.29 is 13.7 Å². The van der Waals surface area contributed by atoms with Gasteiger partial charge in [-0.3, -0.25) is 4.79 Å². The predicted molar refractivity (Wildman–Crippen MR) is 111 cm³/mol. The summed E-state index contributed by atoms with van der Waals surface area (Å²) >= 11 is 0. The SMILES string of the molecule is CCc1ccc(C2CNCCN2C(=O)CCc2nc(-c3ccco3)no2)cc1.Cl. The van der Waals surface area contributed by atoms with Gasteiger partial charge in [-0.15, -0.1) is 12.4 Å². The van der Waals surface area contributed by atoms with Crippen molar-refractivity contribution in [2.24, 2.45) is 0 Å². The minimum absolute atomic E-state index is 0. The van der Waals surface area contributed by atoms with E-state index in [0.29, 0.717) is 36.9 Å². The highest BCUT2D eigenvalue weighted by molar-refractivity contribution is 5.85. The van der Waals surface area contributed by atoms with E-state index >= 15 is 0 Å². The number of piperazine rings is 1. The molecule has 1 N–H and O–H groups in total. The number of aryl methyl sites for hydroxylation is 2. The Kier molecular flexibility index (Phi) is 7.06. The van der Waals surface area contributed by atoms with E-state index in [9.17, 15) is 4.79 Å². The summed E-state index contributed by atoms with van der Waals surface area (Å²) in [6.07, 6.45) is 3.32. The zero-order valence-electron chi connectivity index (χ0n) is 16.3. The quantitative estimate of drug-likeness (QED) is 0.662. The molecule has 8 heteroatoms. The number of furan rings is 1. The average Bonchev–Trinajstić information content (AvgIpc) is 3.44. The number of rotatable bonds is 6. The van der Waals surface area contributed by atoms with Crippen LogP contribution in [0.25, 0.3) is 11.6 Å². The van der Waals surface area contributed by atoms with Gasteiger partial charge in [-0.2, -0.15) is 4.98 Å². The minimum Gasteiger partial charge on any atom is -0.461 e. The largest absolute Gasteiger partial charge is 0.461 e. The topological polar surface area (TPSA) is 84.4 Å². The number of amides is 1. The van der Waals surface area contributed by atoms with Gasteiger partial charge in [0.25, 0.3) is 0 Å². The Morgan fingerprint density at radius 2 is 2.10 bits per heavy atom. The lowest BCUT2D eigenvalue weighted by Gasteiger charge is -2.36. The van der Waals surface area contributed by atoms with Gasteiger partial charge in [0, 0.05) is 32.5 Å². The zero-order chi connectivity index (χ0) is 19.3. The fourth-order valence-corrected chi connectivity index (χ4v) is 3.50. The van der Waals surface area contributed by atoms with Crippen LogP contribution in [0.2, 0.25) is 0 Å². The standard InChI is InChI=1S/C21H24N4O3.ClH/c1-2-15-5-7-16(8-6-15)17-14-22-11-12-25(17)20(26)10-9-19-23-21(24-28-19)18-4-3-13-27-18;/h3-8,13,17,22H,2,9-12,14H2,1H3;1H. The highest BCUT2D eigenvalue weighted by Crippen LogP contribution is 2.24. The molecule has 7 nitrogen and oxygen atoms in total. The summed E-state index contributed by atoms with van der Waals surface area (Å²) in [6, 6.07) is 12.1. The van der Waals surface area contributed by atoms with E-state index in [1.807, 2.05) is 4.90 Å². The Morgan fingerprint density at radius 1 is 1.28 bits per heavy atom. The van der Waals surface area contributed by atoms with Gasteiger partial charge < -0.3 is 19.2 Å². The highest BCUT2D eigenvalue weighted by atomic mass is 35.5. The highest BCUT2D eigenvalue weighted by Gasteiger charge is 2.28. The van der Waals surface area contributed by atoms with Gasteiger partial charge in [-0.1, -0.05) is 36.3 Å². The average molecular weight is 417 g/mol. The van der Waals surface area contributed by atoms with Gasteiger partial charge >= 0.3 is 0 Å². The first-order valence-electron chi connectivity index (χ1n) is 9.70. The van der Waals surface area contributed by atoms with Crippen LogP contribution in [-0.4, -0.2) is 40.6 Å². The Morgan fingerprint density at radius 3 is 2.83 bits per heavy atom. The molecular formula is C21H25ClN4O3. The second-order valence-electron chi connectivity index (χ2n) is 6.89. The lowest BCUT2D eigenvalue weighted by atomic mass is 10.0. The molecule has 3 aromatic rings. The van der Waals surface area contributed by atoms with Crippen LogP contribution in [0.3, 0.4) is 0 Å². The molecule has 0 aliphatic carbocycles. The normalized spacial score (nSPS) is 16.4. The molecule has 0 radical (unpaired) electrons. The third kappa shape index (κ3) is 4.86. The number of nitrogens with zero attached hydrogens (tertiary/aromatic N) is 3. The van der Waals surface area contributed by atoms with E-state index in [0.717, 1.165) is 25.1 Å². The first-order chi connectivity index (χ1) is 13.7. The summed E-state index contributed by atoms with van der Waals surface area (Å²) in [5, 5.41) is 7.31. The number of hydrogen-bond acceptors (Lipinski definition) is 6. The summed E-state index contributed by atoms with van der Waals surface area (Å²) in [5.41, 5.74) is 2.46. The predicted octanol–water partition coefficient (Wildman–Crippen LogP) is 3.42.